The predicted octanol–water partition coefficient (Wildman–Crippen LogP) is 2.61. The fourth-order valence-corrected chi connectivity index (χ4v) is 5.48. The minimum absolute atomic E-state index is 0.0965. The van der Waals surface area contributed by atoms with Gasteiger partial charge >= 0.3 is 0 Å². The second-order valence-electron chi connectivity index (χ2n) is 7.31. The molecule has 2 aliphatic heterocycles. The Hall–Kier alpha value is -2.61. The van der Waals surface area contributed by atoms with Gasteiger partial charge in [-0.3, -0.25) is 9.10 Å². The second-order valence-corrected chi connectivity index (χ2v) is 9.32. The van der Waals surface area contributed by atoms with Gasteiger partial charge in [0.1, 0.15) is 0 Å². The molecule has 0 atom stereocenters. The molecule has 2 aliphatic rings. The summed E-state index contributed by atoms with van der Waals surface area (Å²) in [4.78, 5) is 19.4. The monoisotopic (exact) mass is 415 g/mol. The highest BCUT2D eigenvalue weighted by molar-refractivity contribution is 7.92. The maximum atomic E-state index is 13.1. The molecule has 2 aromatic rings. The molecule has 0 radical (unpaired) electrons. The van der Waals surface area contributed by atoms with Gasteiger partial charge in [-0.2, -0.15) is 0 Å². The first kappa shape index (κ1) is 19.7. The zero-order valence-corrected chi connectivity index (χ0v) is 17.3. The molecule has 0 aliphatic carbocycles. The average Bonchev–Trinajstić information content (AvgIpc) is 2.73. The quantitative estimate of drug-likeness (QED) is 0.767. The van der Waals surface area contributed by atoms with E-state index in [1.54, 1.807) is 29.2 Å². The fraction of sp³-hybridized carbons (Fsp3) is 0.429. The van der Waals surface area contributed by atoms with Crippen LogP contribution >= 0.6 is 0 Å². The van der Waals surface area contributed by atoms with Crippen molar-refractivity contribution >= 4 is 21.6 Å². The van der Waals surface area contributed by atoms with Gasteiger partial charge in [0.15, 0.2) is 0 Å². The number of carbonyl (C=O) groups excluding carboxylic acids is 1. The van der Waals surface area contributed by atoms with E-state index >= 15 is 0 Å². The number of hydrogen-bond donors (Lipinski definition) is 0. The van der Waals surface area contributed by atoms with Gasteiger partial charge < -0.3 is 9.64 Å². The molecular formula is C21H25N3O4S. The highest BCUT2D eigenvalue weighted by Crippen LogP contribution is 2.26. The van der Waals surface area contributed by atoms with Crippen molar-refractivity contribution in [3.63, 3.8) is 0 Å². The van der Waals surface area contributed by atoms with Gasteiger partial charge in [0, 0.05) is 37.7 Å². The SMILES string of the molecule is CCOc1ccc2c(n1)CCN(C(=O)c1cccc(N3CCCCS3(=O)=O)c1)C2. The van der Waals surface area contributed by atoms with Crippen LogP contribution in [-0.2, 0) is 23.0 Å². The van der Waals surface area contributed by atoms with Crippen LogP contribution in [0, 0.1) is 0 Å². The molecule has 1 fully saturated rings. The maximum Gasteiger partial charge on any atom is 0.254 e. The number of anilines is 1. The Morgan fingerprint density at radius 3 is 2.83 bits per heavy atom. The zero-order valence-electron chi connectivity index (χ0n) is 16.5. The summed E-state index contributed by atoms with van der Waals surface area (Å²) in [6.45, 7) is 4.01. The van der Waals surface area contributed by atoms with Gasteiger partial charge in [0.05, 0.1) is 23.7 Å². The van der Waals surface area contributed by atoms with Gasteiger partial charge in [-0.15, -0.1) is 0 Å². The van der Waals surface area contributed by atoms with Crippen molar-refractivity contribution in [1.82, 2.24) is 9.88 Å². The molecule has 0 unspecified atom stereocenters. The fourth-order valence-electron chi connectivity index (χ4n) is 3.85. The van der Waals surface area contributed by atoms with Crippen LogP contribution in [0.3, 0.4) is 0 Å². The molecule has 3 heterocycles. The van der Waals surface area contributed by atoms with Crippen LogP contribution in [0.4, 0.5) is 5.69 Å². The average molecular weight is 416 g/mol. The smallest absolute Gasteiger partial charge is 0.254 e. The van der Waals surface area contributed by atoms with Crippen molar-refractivity contribution in [2.24, 2.45) is 0 Å². The van der Waals surface area contributed by atoms with E-state index in [-0.39, 0.29) is 11.7 Å². The summed E-state index contributed by atoms with van der Waals surface area (Å²) in [7, 11) is -3.30. The number of sulfonamides is 1. The van der Waals surface area contributed by atoms with Crippen molar-refractivity contribution in [3.05, 3.63) is 53.2 Å². The third-order valence-electron chi connectivity index (χ3n) is 5.33. The van der Waals surface area contributed by atoms with Crippen molar-refractivity contribution in [1.29, 1.82) is 0 Å². The molecule has 8 heteroatoms. The van der Waals surface area contributed by atoms with E-state index in [0.29, 0.717) is 56.2 Å². The van der Waals surface area contributed by atoms with E-state index in [4.69, 9.17) is 4.74 Å². The molecule has 0 spiro atoms. The molecule has 1 aromatic carbocycles. The topological polar surface area (TPSA) is 79.8 Å². The summed E-state index contributed by atoms with van der Waals surface area (Å²) in [6.07, 6.45) is 2.18. The Labute approximate surface area is 171 Å². The molecule has 1 amide bonds. The molecule has 1 saturated heterocycles. The lowest BCUT2D eigenvalue weighted by Gasteiger charge is -2.30. The lowest BCUT2D eigenvalue weighted by atomic mass is 10.0. The highest BCUT2D eigenvalue weighted by atomic mass is 32.2. The molecular weight excluding hydrogens is 390 g/mol. The molecule has 0 bridgehead atoms. The maximum absolute atomic E-state index is 13.1. The first-order valence-corrected chi connectivity index (χ1v) is 11.6. The molecule has 29 heavy (non-hydrogen) atoms. The lowest BCUT2D eigenvalue weighted by molar-refractivity contribution is 0.0733. The van der Waals surface area contributed by atoms with Crippen molar-refractivity contribution in [3.8, 4) is 5.88 Å². The molecule has 0 saturated carbocycles. The van der Waals surface area contributed by atoms with Gasteiger partial charge in [0.2, 0.25) is 15.9 Å². The summed E-state index contributed by atoms with van der Waals surface area (Å²) in [5, 5.41) is 0. The second kappa shape index (κ2) is 8.02. The van der Waals surface area contributed by atoms with E-state index in [9.17, 15) is 13.2 Å². The van der Waals surface area contributed by atoms with Crippen LogP contribution in [-0.4, -0.2) is 49.7 Å². The van der Waals surface area contributed by atoms with Crippen LogP contribution < -0.4 is 9.04 Å². The number of pyridine rings is 1. The van der Waals surface area contributed by atoms with E-state index in [1.165, 1.54) is 4.31 Å². The van der Waals surface area contributed by atoms with E-state index in [0.717, 1.165) is 17.7 Å². The third kappa shape index (κ3) is 4.07. The summed E-state index contributed by atoms with van der Waals surface area (Å²) in [6, 6.07) is 10.7. The normalized spacial score (nSPS) is 18.2. The number of fused-ring (bicyclic) bond motifs is 1. The largest absolute Gasteiger partial charge is 0.478 e. The van der Waals surface area contributed by atoms with Gasteiger partial charge in [-0.1, -0.05) is 12.1 Å². The number of rotatable bonds is 4. The van der Waals surface area contributed by atoms with E-state index in [2.05, 4.69) is 4.98 Å². The summed E-state index contributed by atoms with van der Waals surface area (Å²) < 4.78 is 31.7. The highest BCUT2D eigenvalue weighted by Gasteiger charge is 2.28. The van der Waals surface area contributed by atoms with Crippen LogP contribution in [0.5, 0.6) is 5.88 Å². The van der Waals surface area contributed by atoms with Gasteiger partial charge in [0.25, 0.3) is 5.91 Å². The minimum atomic E-state index is -3.30. The standard InChI is InChI=1S/C21H25N3O4S/c1-2-28-20-9-8-17-15-23(12-10-19(17)22-20)21(25)16-6-5-7-18(14-16)24-11-3-4-13-29(24,26)27/h5-9,14H,2-4,10-13,15H2,1H3. The van der Waals surface area contributed by atoms with E-state index in [1.807, 2.05) is 19.1 Å². The molecule has 1 aromatic heterocycles. The van der Waals surface area contributed by atoms with Crippen LogP contribution in [0.1, 0.15) is 41.4 Å². The van der Waals surface area contributed by atoms with Crippen molar-refractivity contribution in [2.45, 2.75) is 32.7 Å². The minimum Gasteiger partial charge on any atom is -0.478 e. The van der Waals surface area contributed by atoms with Crippen molar-refractivity contribution < 1.29 is 17.9 Å². The van der Waals surface area contributed by atoms with Crippen LogP contribution in [0.15, 0.2) is 36.4 Å². The zero-order chi connectivity index (χ0) is 20.4. The molecule has 7 nitrogen and oxygen atoms in total. The lowest BCUT2D eigenvalue weighted by Crippen LogP contribution is -2.38. The Balaban J connectivity index is 1.53. The predicted molar refractivity (Wildman–Crippen MR) is 111 cm³/mol. The van der Waals surface area contributed by atoms with Crippen LogP contribution in [0.25, 0.3) is 0 Å². The number of amides is 1. The first-order chi connectivity index (χ1) is 14.0. The van der Waals surface area contributed by atoms with Gasteiger partial charge in [-0.05, 0) is 43.5 Å². The summed E-state index contributed by atoms with van der Waals surface area (Å²) in [5.41, 5.74) is 3.05. The Bertz CT molecular complexity index is 1020. The number of hydrogen-bond acceptors (Lipinski definition) is 5. The van der Waals surface area contributed by atoms with E-state index < -0.39 is 10.0 Å². The Morgan fingerprint density at radius 1 is 1.17 bits per heavy atom. The number of nitrogens with zero attached hydrogens (tertiary/aromatic N) is 3. The molecule has 154 valence electrons. The summed E-state index contributed by atoms with van der Waals surface area (Å²) >= 11 is 0. The van der Waals surface area contributed by atoms with Crippen LogP contribution in [0.2, 0.25) is 0 Å². The molecule has 0 N–H and O–H groups in total. The first-order valence-electron chi connectivity index (χ1n) is 9.99. The van der Waals surface area contributed by atoms with Gasteiger partial charge in [-0.25, -0.2) is 13.4 Å². The number of ether oxygens (including phenoxy) is 1. The Kier molecular flexibility index (Phi) is 5.45. The number of aromatic nitrogens is 1. The summed E-state index contributed by atoms with van der Waals surface area (Å²) in [5.74, 6) is 0.674. The number of carbonyl (C=O) groups is 1. The Morgan fingerprint density at radius 2 is 2.03 bits per heavy atom. The third-order valence-corrected chi connectivity index (χ3v) is 7.20. The van der Waals surface area contributed by atoms with Crippen molar-refractivity contribution in [2.75, 3.05) is 29.8 Å². The molecule has 4 rings (SSSR count). The number of benzene rings is 1.